The van der Waals surface area contributed by atoms with Crippen LogP contribution in [0.3, 0.4) is 0 Å². The van der Waals surface area contributed by atoms with E-state index in [4.69, 9.17) is 10.5 Å². The van der Waals surface area contributed by atoms with Crippen molar-refractivity contribution in [3.8, 4) is 0 Å². The summed E-state index contributed by atoms with van der Waals surface area (Å²) in [5, 5.41) is 0. The van der Waals surface area contributed by atoms with E-state index in [-0.39, 0.29) is 24.0 Å². The van der Waals surface area contributed by atoms with E-state index in [1.807, 2.05) is 0 Å². The van der Waals surface area contributed by atoms with Gasteiger partial charge in [0.25, 0.3) is 0 Å². The normalized spacial score (nSPS) is 32.3. The summed E-state index contributed by atoms with van der Waals surface area (Å²) in [5.74, 6) is 0.0955. The Morgan fingerprint density at radius 3 is 2.25 bits per heavy atom. The van der Waals surface area contributed by atoms with Crippen molar-refractivity contribution in [1.82, 2.24) is 0 Å². The van der Waals surface area contributed by atoms with Gasteiger partial charge in [-0.3, -0.25) is 4.79 Å². The molecule has 3 heteroatoms. The van der Waals surface area contributed by atoms with Crippen LogP contribution in [0.5, 0.6) is 0 Å². The Bertz CT molecular complexity index is 234. The van der Waals surface area contributed by atoms with Gasteiger partial charge in [0.1, 0.15) is 6.10 Å². The molecule has 0 amide bonds. The first kappa shape index (κ1) is 11.9. The lowest BCUT2D eigenvalue weighted by atomic mass is 10.1. The molecule has 2 N–H and O–H groups in total. The number of ether oxygens (including phenoxy) is 1. The van der Waals surface area contributed by atoms with Gasteiger partial charge in [0, 0.05) is 6.04 Å². The summed E-state index contributed by atoms with van der Waals surface area (Å²) in [6.45, 7) is 0. The SMILES string of the molecule is NC1CCC(C(=O)OC2CCCCCC2)C1. The molecule has 16 heavy (non-hydrogen) atoms. The molecule has 0 bridgehead atoms. The number of nitrogens with two attached hydrogens (primary N) is 1. The van der Waals surface area contributed by atoms with Crippen LogP contribution in [0, 0.1) is 5.92 Å². The lowest BCUT2D eigenvalue weighted by Crippen LogP contribution is -2.24. The molecular weight excluding hydrogens is 202 g/mol. The van der Waals surface area contributed by atoms with E-state index in [0.29, 0.717) is 0 Å². The lowest BCUT2D eigenvalue weighted by molar-refractivity contribution is -0.154. The summed E-state index contributed by atoms with van der Waals surface area (Å²) in [7, 11) is 0. The molecular formula is C13H23NO2. The van der Waals surface area contributed by atoms with Crippen molar-refractivity contribution in [2.24, 2.45) is 11.7 Å². The second-order valence-corrected chi connectivity index (χ2v) is 5.32. The molecule has 0 aliphatic heterocycles. The Labute approximate surface area is 97.7 Å². The highest BCUT2D eigenvalue weighted by molar-refractivity contribution is 5.73. The number of hydrogen-bond donors (Lipinski definition) is 1. The van der Waals surface area contributed by atoms with E-state index >= 15 is 0 Å². The van der Waals surface area contributed by atoms with Crippen LogP contribution in [0.1, 0.15) is 57.8 Å². The van der Waals surface area contributed by atoms with Crippen molar-refractivity contribution >= 4 is 5.97 Å². The molecule has 3 nitrogen and oxygen atoms in total. The van der Waals surface area contributed by atoms with E-state index in [0.717, 1.165) is 32.1 Å². The third kappa shape index (κ3) is 3.21. The van der Waals surface area contributed by atoms with Crippen LogP contribution in [0.25, 0.3) is 0 Å². The molecule has 2 rings (SSSR count). The van der Waals surface area contributed by atoms with Gasteiger partial charge in [-0.1, -0.05) is 12.8 Å². The summed E-state index contributed by atoms with van der Waals surface area (Å²) in [6.07, 6.45) is 10.0. The van der Waals surface area contributed by atoms with Gasteiger partial charge in [-0.25, -0.2) is 0 Å². The Kier molecular flexibility index (Phi) is 4.22. The average molecular weight is 225 g/mol. The van der Waals surface area contributed by atoms with E-state index in [2.05, 4.69) is 0 Å². The van der Waals surface area contributed by atoms with Crippen molar-refractivity contribution in [3.05, 3.63) is 0 Å². The Balaban J connectivity index is 1.77. The predicted octanol–water partition coefficient (Wildman–Crippen LogP) is 2.38. The average Bonchev–Trinajstić information content (AvgIpc) is 2.54. The van der Waals surface area contributed by atoms with E-state index in [1.54, 1.807) is 0 Å². The number of carbonyl (C=O) groups excluding carboxylic acids is 1. The molecule has 0 heterocycles. The molecule has 2 aliphatic rings. The second-order valence-electron chi connectivity index (χ2n) is 5.32. The maximum absolute atomic E-state index is 11.9. The number of carbonyl (C=O) groups is 1. The number of esters is 1. The minimum atomic E-state index is 0.0138. The Morgan fingerprint density at radius 2 is 1.69 bits per heavy atom. The topological polar surface area (TPSA) is 52.3 Å². The van der Waals surface area contributed by atoms with Crippen molar-refractivity contribution in [1.29, 1.82) is 0 Å². The first-order valence-electron chi connectivity index (χ1n) is 6.72. The van der Waals surface area contributed by atoms with Crippen molar-refractivity contribution in [3.63, 3.8) is 0 Å². The van der Waals surface area contributed by atoms with Gasteiger partial charge in [0.2, 0.25) is 0 Å². The summed E-state index contributed by atoms with van der Waals surface area (Å²) in [5.41, 5.74) is 5.81. The zero-order valence-electron chi connectivity index (χ0n) is 9.99. The zero-order valence-corrected chi connectivity index (χ0v) is 9.99. The Hall–Kier alpha value is -0.570. The van der Waals surface area contributed by atoms with Crippen LogP contribution < -0.4 is 5.73 Å². The van der Waals surface area contributed by atoms with Gasteiger partial charge in [-0.05, 0) is 44.9 Å². The monoisotopic (exact) mass is 225 g/mol. The van der Waals surface area contributed by atoms with Gasteiger partial charge < -0.3 is 10.5 Å². The van der Waals surface area contributed by atoms with Gasteiger partial charge in [0.05, 0.1) is 5.92 Å². The number of hydrogen-bond acceptors (Lipinski definition) is 3. The second kappa shape index (κ2) is 5.67. The molecule has 0 aromatic carbocycles. The lowest BCUT2D eigenvalue weighted by Gasteiger charge is -2.18. The van der Waals surface area contributed by atoms with E-state index < -0.39 is 0 Å². The molecule has 92 valence electrons. The third-order valence-corrected chi connectivity index (χ3v) is 3.89. The third-order valence-electron chi connectivity index (χ3n) is 3.89. The first-order valence-corrected chi connectivity index (χ1v) is 6.72. The van der Waals surface area contributed by atoms with E-state index in [9.17, 15) is 4.79 Å². The van der Waals surface area contributed by atoms with Crippen LogP contribution in [0.4, 0.5) is 0 Å². The summed E-state index contributed by atoms with van der Waals surface area (Å²) in [4.78, 5) is 11.9. The smallest absolute Gasteiger partial charge is 0.309 e. The fraction of sp³-hybridized carbons (Fsp3) is 0.923. The summed E-state index contributed by atoms with van der Waals surface area (Å²) in [6, 6.07) is 0.215. The standard InChI is InChI=1S/C13H23NO2/c14-11-8-7-10(9-11)13(15)16-12-5-3-1-2-4-6-12/h10-12H,1-9,14H2. The highest BCUT2D eigenvalue weighted by Crippen LogP contribution is 2.27. The molecule has 0 spiro atoms. The molecule has 0 saturated heterocycles. The van der Waals surface area contributed by atoms with Crippen molar-refractivity contribution in [2.75, 3.05) is 0 Å². The molecule has 0 radical (unpaired) electrons. The molecule has 2 unspecified atom stereocenters. The maximum Gasteiger partial charge on any atom is 0.309 e. The number of rotatable bonds is 2. The van der Waals surface area contributed by atoms with Gasteiger partial charge in [0.15, 0.2) is 0 Å². The summed E-state index contributed by atoms with van der Waals surface area (Å²) >= 11 is 0. The predicted molar refractivity (Wildman–Crippen MR) is 62.9 cm³/mol. The van der Waals surface area contributed by atoms with Crippen LogP contribution in [0.2, 0.25) is 0 Å². The quantitative estimate of drug-likeness (QED) is 0.580. The highest BCUT2D eigenvalue weighted by Gasteiger charge is 2.30. The van der Waals surface area contributed by atoms with E-state index in [1.165, 1.54) is 25.7 Å². The zero-order chi connectivity index (χ0) is 11.4. The summed E-state index contributed by atoms with van der Waals surface area (Å²) < 4.78 is 5.61. The van der Waals surface area contributed by atoms with Gasteiger partial charge in [-0.2, -0.15) is 0 Å². The Morgan fingerprint density at radius 1 is 1.00 bits per heavy atom. The molecule has 0 aromatic heterocycles. The van der Waals surface area contributed by atoms with Crippen molar-refractivity contribution < 1.29 is 9.53 Å². The minimum Gasteiger partial charge on any atom is -0.462 e. The molecule has 2 saturated carbocycles. The van der Waals surface area contributed by atoms with Crippen molar-refractivity contribution in [2.45, 2.75) is 69.9 Å². The minimum absolute atomic E-state index is 0.0138. The van der Waals surface area contributed by atoms with Crippen LogP contribution in [-0.2, 0) is 9.53 Å². The first-order chi connectivity index (χ1) is 7.75. The molecule has 2 atom stereocenters. The molecule has 2 aliphatic carbocycles. The largest absolute Gasteiger partial charge is 0.462 e. The van der Waals surface area contributed by atoms with Crippen LogP contribution >= 0.6 is 0 Å². The van der Waals surface area contributed by atoms with Crippen LogP contribution in [-0.4, -0.2) is 18.1 Å². The molecule has 2 fully saturated rings. The van der Waals surface area contributed by atoms with Crippen LogP contribution in [0.15, 0.2) is 0 Å². The highest BCUT2D eigenvalue weighted by atomic mass is 16.5. The van der Waals surface area contributed by atoms with Gasteiger partial charge in [-0.15, -0.1) is 0 Å². The fourth-order valence-electron chi connectivity index (χ4n) is 2.85. The van der Waals surface area contributed by atoms with Gasteiger partial charge >= 0.3 is 5.97 Å². The maximum atomic E-state index is 11.9. The molecule has 0 aromatic rings. The fourth-order valence-corrected chi connectivity index (χ4v) is 2.85.